The second kappa shape index (κ2) is 7.75. The predicted molar refractivity (Wildman–Crippen MR) is 85.1 cm³/mol. The van der Waals surface area contributed by atoms with Gasteiger partial charge in [-0.2, -0.15) is 0 Å². The van der Waals surface area contributed by atoms with Crippen LogP contribution in [0.3, 0.4) is 0 Å². The summed E-state index contributed by atoms with van der Waals surface area (Å²) in [6, 6.07) is 13.0. The van der Waals surface area contributed by atoms with Gasteiger partial charge in [0.15, 0.2) is 0 Å². The van der Waals surface area contributed by atoms with E-state index in [9.17, 15) is 0 Å². The maximum absolute atomic E-state index is 5.91. The van der Waals surface area contributed by atoms with Crippen molar-refractivity contribution in [3.8, 4) is 5.75 Å². The summed E-state index contributed by atoms with van der Waals surface area (Å²) >= 11 is 17.6. The highest BCUT2D eigenvalue weighted by molar-refractivity contribution is 6.42. The number of ether oxygens (including phenoxy) is 1. The van der Waals surface area contributed by atoms with E-state index >= 15 is 0 Å². The predicted octanol–water partition coefficient (Wildman–Crippen LogP) is 4.82. The third-order valence-corrected chi connectivity index (χ3v) is 3.67. The van der Waals surface area contributed by atoms with Crippen LogP contribution in [0.25, 0.3) is 0 Å². The minimum Gasteiger partial charge on any atom is -0.492 e. The maximum atomic E-state index is 5.91. The molecule has 0 heterocycles. The van der Waals surface area contributed by atoms with Crippen LogP contribution in [0.4, 0.5) is 0 Å². The Balaban J connectivity index is 1.68. The molecule has 0 spiro atoms. The Bertz CT molecular complexity index is 558. The normalized spacial score (nSPS) is 10.6. The Hall–Kier alpha value is -0.930. The second-order valence-electron chi connectivity index (χ2n) is 4.23. The quantitative estimate of drug-likeness (QED) is 0.767. The van der Waals surface area contributed by atoms with Gasteiger partial charge in [0.05, 0.1) is 10.0 Å². The highest BCUT2D eigenvalue weighted by Gasteiger charge is 2.00. The van der Waals surface area contributed by atoms with Crippen LogP contribution < -0.4 is 10.1 Å². The molecule has 0 amide bonds. The van der Waals surface area contributed by atoms with Gasteiger partial charge in [-0.15, -0.1) is 0 Å². The summed E-state index contributed by atoms with van der Waals surface area (Å²) in [6.45, 7) is 2.08. The number of benzene rings is 2. The number of nitrogens with one attached hydrogen (secondary N) is 1. The van der Waals surface area contributed by atoms with Gasteiger partial charge in [0.2, 0.25) is 0 Å². The van der Waals surface area contributed by atoms with Crippen LogP contribution >= 0.6 is 34.8 Å². The summed E-state index contributed by atoms with van der Waals surface area (Å²) in [6.07, 6.45) is 0. The van der Waals surface area contributed by atoms with Crippen molar-refractivity contribution in [2.75, 3.05) is 13.2 Å². The van der Waals surface area contributed by atoms with E-state index in [4.69, 9.17) is 39.5 Å². The molecule has 0 atom stereocenters. The molecular weight excluding hydrogens is 317 g/mol. The molecule has 1 N–H and O–H groups in total. The van der Waals surface area contributed by atoms with Gasteiger partial charge in [-0.05, 0) is 29.8 Å². The Kier molecular flexibility index (Phi) is 5.99. The zero-order valence-electron chi connectivity index (χ0n) is 10.7. The van der Waals surface area contributed by atoms with E-state index in [1.807, 2.05) is 24.3 Å². The van der Waals surface area contributed by atoms with Gasteiger partial charge >= 0.3 is 0 Å². The van der Waals surface area contributed by atoms with E-state index in [-0.39, 0.29) is 0 Å². The molecule has 0 aliphatic rings. The van der Waals surface area contributed by atoms with Gasteiger partial charge in [-0.3, -0.25) is 0 Å². The summed E-state index contributed by atoms with van der Waals surface area (Å²) < 4.78 is 5.57. The summed E-state index contributed by atoms with van der Waals surface area (Å²) in [7, 11) is 0. The summed E-state index contributed by atoms with van der Waals surface area (Å²) in [5.41, 5.74) is 1.18. The minimum atomic E-state index is 0.498. The highest BCUT2D eigenvalue weighted by atomic mass is 35.5. The molecule has 0 aliphatic carbocycles. The third kappa shape index (κ3) is 4.88. The Morgan fingerprint density at radius 3 is 2.35 bits per heavy atom. The van der Waals surface area contributed by atoms with Crippen LogP contribution in [0.2, 0.25) is 15.1 Å². The number of halogens is 3. The van der Waals surface area contributed by atoms with Gasteiger partial charge in [0.25, 0.3) is 0 Å². The molecular formula is C15H14Cl3NO. The largest absolute Gasteiger partial charge is 0.492 e. The van der Waals surface area contributed by atoms with Crippen LogP contribution in [-0.4, -0.2) is 13.2 Å². The Morgan fingerprint density at radius 1 is 0.900 bits per heavy atom. The molecule has 5 heteroatoms. The monoisotopic (exact) mass is 329 g/mol. The van der Waals surface area contributed by atoms with Gasteiger partial charge in [-0.1, -0.05) is 46.9 Å². The van der Waals surface area contributed by atoms with E-state index in [1.54, 1.807) is 18.2 Å². The van der Waals surface area contributed by atoms with E-state index < -0.39 is 0 Å². The van der Waals surface area contributed by atoms with Crippen molar-refractivity contribution in [1.82, 2.24) is 5.32 Å². The first-order valence-corrected chi connectivity index (χ1v) is 7.31. The number of rotatable bonds is 6. The van der Waals surface area contributed by atoms with Gasteiger partial charge in [-0.25, -0.2) is 0 Å². The Labute approximate surface area is 133 Å². The zero-order chi connectivity index (χ0) is 14.4. The second-order valence-corrected chi connectivity index (χ2v) is 5.48. The molecule has 20 heavy (non-hydrogen) atoms. The van der Waals surface area contributed by atoms with Crippen LogP contribution in [0.15, 0.2) is 42.5 Å². The zero-order valence-corrected chi connectivity index (χ0v) is 13.0. The molecule has 0 saturated heterocycles. The van der Waals surface area contributed by atoms with Crippen molar-refractivity contribution < 1.29 is 4.74 Å². The first-order chi connectivity index (χ1) is 9.65. The standard InChI is InChI=1S/C15H14Cl3NO/c16-12-3-1-11(2-4-12)10-19-7-8-20-13-5-6-14(17)15(18)9-13/h1-6,9,19H,7-8,10H2. The van der Waals surface area contributed by atoms with E-state index in [0.717, 1.165) is 18.1 Å². The van der Waals surface area contributed by atoms with Crippen molar-refractivity contribution in [2.24, 2.45) is 0 Å². The smallest absolute Gasteiger partial charge is 0.120 e. The summed E-state index contributed by atoms with van der Waals surface area (Å²) in [5, 5.41) is 5.06. The summed E-state index contributed by atoms with van der Waals surface area (Å²) in [4.78, 5) is 0. The molecule has 2 aromatic rings. The fourth-order valence-electron chi connectivity index (χ4n) is 1.64. The first kappa shape index (κ1) is 15.5. The topological polar surface area (TPSA) is 21.3 Å². The van der Waals surface area contributed by atoms with Crippen LogP contribution in [0.1, 0.15) is 5.56 Å². The lowest BCUT2D eigenvalue weighted by Gasteiger charge is -2.08. The molecule has 0 bridgehead atoms. The van der Waals surface area contributed by atoms with Crippen molar-refractivity contribution in [3.05, 3.63) is 63.1 Å². The molecule has 0 unspecified atom stereocenters. The molecule has 0 aromatic heterocycles. The molecule has 0 saturated carbocycles. The average Bonchev–Trinajstić information content (AvgIpc) is 2.44. The van der Waals surface area contributed by atoms with Crippen molar-refractivity contribution in [2.45, 2.75) is 6.54 Å². The summed E-state index contributed by atoms with van der Waals surface area (Å²) in [5.74, 6) is 0.715. The molecule has 0 fully saturated rings. The molecule has 2 aromatic carbocycles. The fourth-order valence-corrected chi connectivity index (χ4v) is 2.06. The van der Waals surface area contributed by atoms with Gasteiger partial charge < -0.3 is 10.1 Å². The van der Waals surface area contributed by atoms with Crippen LogP contribution in [-0.2, 0) is 6.54 Å². The Morgan fingerprint density at radius 2 is 1.65 bits per heavy atom. The number of hydrogen-bond donors (Lipinski definition) is 1. The molecule has 0 radical (unpaired) electrons. The van der Waals surface area contributed by atoms with Crippen LogP contribution in [0, 0.1) is 0 Å². The average molecular weight is 331 g/mol. The lowest BCUT2D eigenvalue weighted by Crippen LogP contribution is -2.20. The number of hydrogen-bond acceptors (Lipinski definition) is 2. The van der Waals surface area contributed by atoms with E-state index in [2.05, 4.69) is 5.32 Å². The first-order valence-electron chi connectivity index (χ1n) is 6.18. The molecule has 2 rings (SSSR count). The van der Waals surface area contributed by atoms with E-state index in [0.29, 0.717) is 22.4 Å². The van der Waals surface area contributed by atoms with Crippen molar-refractivity contribution in [1.29, 1.82) is 0 Å². The lowest BCUT2D eigenvalue weighted by molar-refractivity contribution is 0.313. The van der Waals surface area contributed by atoms with Crippen molar-refractivity contribution in [3.63, 3.8) is 0 Å². The molecule has 106 valence electrons. The van der Waals surface area contributed by atoms with Crippen molar-refractivity contribution >= 4 is 34.8 Å². The van der Waals surface area contributed by atoms with Gasteiger partial charge in [0.1, 0.15) is 12.4 Å². The maximum Gasteiger partial charge on any atom is 0.120 e. The highest BCUT2D eigenvalue weighted by Crippen LogP contribution is 2.26. The fraction of sp³-hybridized carbons (Fsp3) is 0.200. The minimum absolute atomic E-state index is 0.498. The van der Waals surface area contributed by atoms with Gasteiger partial charge in [0, 0.05) is 24.2 Å². The van der Waals surface area contributed by atoms with E-state index in [1.165, 1.54) is 5.56 Å². The molecule has 2 nitrogen and oxygen atoms in total. The molecule has 0 aliphatic heterocycles. The third-order valence-electron chi connectivity index (χ3n) is 2.68. The van der Waals surface area contributed by atoms with Crippen LogP contribution in [0.5, 0.6) is 5.75 Å². The SMILES string of the molecule is Clc1ccc(CNCCOc2ccc(Cl)c(Cl)c2)cc1. The lowest BCUT2D eigenvalue weighted by atomic mass is 10.2.